The van der Waals surface area contributed by atoms with Crippen molar-refractivity contribution in [3.8, 4) is 33.4 Å². The highest BCUT2D eigenvalue weighted by atomic mass is 15.2. The van der Waals surface area contributed by atoms with Crippen LogP contribution in [0.4, 0.5) is 17.1 Å². The molecule has 2 nitrogen and oxygen atoms in total. The molecule has 1 aromatic heterocycles. The lowest BCUT2D eigenvalue weighted by Gasteiger charge is -2.37. The maximum Gasteiger partial charge on any atom is 0.122 e. The van der Waals surface area contributed by atoms with E-state index >= 15 is 0 Å². The summed E-state index contributed by atoms with van der Waals surface area (Å²) in [7, 11) is 0. The van der Waals surface area contributed by atoms with Gasteiger partial charge in [0.05, 0.1) is 22.4 Å². The van der Waals surface area contributed by atoms with E-state index in [4.69, 9.17) is 0 Å². The Labute approximate surface area is 374 Å². The van der Waals surface area contributed by atoms with E-state index < -0.39 is 5.54 Å². The first-order valence-electron chi connectivity index (χ1n) is 22.4. The molecule has 11 aromatic rings. The number of hydrogen-bond donors (Lipinski definition) is 0. The fourth-order valence-electron chi connectivity index (χ4n) is 11.6. The SMILES string of the molecule is CC1(C)c2ccccc2-c2c(N(c3ccc4c(c3)c3ccccc3n4C3(c4ccc5ccccc5c4)c4ccccc4-c4ccccc43)c3ccccc3-c3ccccc3)cccc21. The van der Waals surface area contributed by atoms with Crippen LogP contribution in [0.1, 0.15) is 41.7 Å². The maximum atomic E-state index is 2.66. The van der Waals surface area contributed by atoms with E-state index in [1.807, 2.05) is 0 Å². The van der Waals surface area contributed by atoms with Crippen molar-refractivity contribution < 1.29 is 0 Å². The van der Waals surface area contributed by atoms with Crippen molar-refractivity contribution in [2.45, 2.75) is 24.8 Å². The van der Waals surface area contributed by atoms with Crippen molar-refractivity contribution in [2.24, 2.45) is 0 Å². The van der Waals surface area contributed by atoms with Crippen LogP contribution in [0, 0.1) is 0 Å². The number of rotatable bonds is 6. The van der Waals surface area contributed by atoms with Crippen LogP contribution in [0.5, 0.6) is 0 Å². The van der Waals surface area contributed by atoms with Crippen LogP contribution in [-0.2, 0) is 11.0 Å². The van der Waals surface area contributed by atoms with Gasteiger partial charge in [-0.1, -0.05) is 202 Å². The van der Waals surface area contributed by atoms with Crippen LogP contribution >= 0.6 is 0 Å². The molecule has 0 unspecified atom stereocenters. The summed E-state index contributed by atoms with van der Waals surface area (Å²) >= 11 is 0. The molecule has 0 atom stereocenters. The van der Waals surface area contributed by atoms with Crippen LogP contribution < -0.4 is 4.90 Å². The van der Waals surface area contributed by atoms with Crippen LogP contribution in [0.25, 0.3) is 66.0 Å². The normalized spacial score (nSPS) is 14.0. The molecule has 0 spiro atoms. The van der Waals surface area contributed by atoms with Crippen molar-refractivity contribution >= 4 is 49.6 Å². The summed E-state index contributed by atoms with van der Waals surface area (Å²) in [4.78, 5) is 2.53. The second kappa shape index (κ2) is 13.8. The minimum atomic E-state index is -0.658. The second-order valence-corrected chi connectivity index (χ2v) is 18.0. The van der Waals surface area contributed by atoms with Crippen molar-refractivity contribution in [3.05, 3.63) is 258 Å². The molecule has 2 aliphatic rings. The zero-order chi connectivity index (χ0) is 42.6. The highest BCUT2D eigenvalue weighted by Crippen LogP contribution is 2.58. The number of aromatic nitrogens is 1. The van der Waals surface area contributed by atoms with Crippen molar-refractivity contribution in [2.75, 3.05) is 4.90 Å². The Kier molecular flexibility index (Phi) is 7.90. The van der Waals surface area contributed by atoms with E-state index in [9.17, 15) is 0 Å². The molecule has 64 heavy (non-hydrogen) atoms. The number of hydrogen-bond acceptors (Lipinski definition) is 1. The molecule has 0 saturated heterocycles. The topological polar surface area (TPSA) is 8.17 Å². The number of benzene rings is 10. The summed E-state index contributed by atoms with van der Waals surface area (Å²) in [6.45, 7) is 4.74. The average molecular weight is 817 g/mol. The highest BCUT2D eigenvalue weighted by Gasteiger charge is 2.48. The molecule has 0 saturated carbocycles. The van der Waals surface area contributed by atoms with Gasteiger partial charge in [0.15, 0.2) is 0 Å². The summed E-state index contributed by atoms with van der Waals surface area (Å²) < 4.78 is 2.66. The first-order chi connectivity index (χ1) is 31.5. The summed E-state index contributed by atoms with van der Waals surface area (Å²) in [6.07, 6.45) is 0. The van der Waals surface area contributed by atoms with Crippen molar-refractivity contribution in [3.63, 3.8) is 0 Å². The lowest BCUT2D eigenvalue weighted by atomic mass is 9.79. The van der Waals surface area contributed by atoms with Gasteiger partial charge in [-0.3, -0.25) is 0 Å². The molecule has 0 N–H and O–H groups in total. The van der Waals surface area contributed by atoms with Crippen molar-refractivity contribution in [1.29, 1.82) is 0 Å². The molecule has 302 valence electrons. The number of anilines is 3. The fourth-order valence-corrected chi connectivity index (χ4v) is 11.6. The Morgan fingerprint density at radius 2 is 0.953 bits per heavy atom. The van der Waals surface area contributed by atoms with Gasteiger partial charge in [0.2, 0.25) is 0 Å². The summed E-state index contributed by atoms with van der Waals surface area (Å²) in [5, 5.41) is 4.91. The first kappa shape index (κ1) is 36.7. The quantitative estimate of drug-likeness (QED) is 0.162. The van der Waals surface area contributed by atoms with Gasteiger partial charge in [0.25, 0.3) is 0 Å². The van der Waals surface area contributed by atoms with Gasteiger partial charge in [0, 0.05) is 33.0 Å². The Bertz CT molecular complexity index is 3620. The zero-order valence-corrected chi connectivity index (χ0v) is 35.8. The predicted molar refractivity (Wildman–Crippen MR) is 268 cm³/mol. The van der Waals surface area contributed by atoms with Gasteiger partial charge < -0.3 is 9.47 Å². The Morgan fingerprint density at radius 3 is 1.73 bits per heavy atom. The Morgan fingerprint density at radius 1 is 0.375 bits per heavy atom. The fraction of sp³-hybridized carbons (Fsp3) is 0.0645. The molecule has 0 bridgehead atoms. The van der Waals surface area contributed by atoms with E-state index in [2.05, 4.69) is 254 Å². The van der Waals surface area contributed by atoms with Crippen LogP contribution in [-0.4, -0.2) is 4.57 Å². The minimum absolute atomic E-state index is 0.144. The number of para-hydroxylation sites is 2. The van der Waals surface area contributed by atoms with Crippen LogP contribution in [0.3, 0.4) is 0 Å². The third-order valence-electron chi connectivity index (χ3n) is 14.4. The molecule has 2 heteroatoms. The zero-order valence-electron chi connectivity index (χ0n) is 35.8. The highest BCUT2D eigenvalue weighted by molar-refractivity contribution is 6.11. The van der Waals surface area contributed by atoms with E-state index in [0.29, 0.717) is 0 Å². The molecule has 0 fully saturated rings. The second-order valence-electron chi connectivity index (χ2n) is 18.0. The van der Waals surface area contributed by atoms with E-state index in [1.54, 1.807) is 0 Å². The molecule has 0 aliphatic heterocycles. The average Bonchev–Trinajstić information content (AvgIpc) is 3.93. The van der Waals surface area contributed by atoms with Crippen LogP contribution in [0.2, 0.25) is 0 Å². The van der Waals surface area contributed by atoms with Gasteiger partial charge in [-0.2, -0.15) is 0 Å². The summed E-state index contributed by atoms with van der Waals surface area (Å²) in [6, 6.07) is 85.9. The molecule has 2 aliphatic carbocycles. The van der Waals surface area contributed by atoms with Gasteiger partial charge in [-0.15, -0.1) is 0 Å². The molecular formula is C62H44N2. The Hall–Kier alpha value is -7.94. The van der Waals surface area contributed by atoms with Crippen LogP contribution in [0.15, 0.2) is 231 Å². The number of nitrogens with zero attached hydrogens (tertiary/aromatic N) is 2. The molecule has 10 aromatic carbocycles. The lowest BCUT2D eigenvalue weighted by Crippen LogP contribution is -2.35. The largest absolute Gasteiger partial charge is 0.322 e. The van der Waals surface area contributed by atoms with Gasteiger partial charge in [-0.05, 0) is 103 Å². The van der Waals surface area contributed by atoms with E-state index in [1.165, 1.54) is 99.5 Å². The molecular weight excluding hydrogens is 773 g/mol. The third kappa shape index (κ3) is 5.02. The maximum absolute atomic E-state index is 2.66. The monoisotopic (exact) mass is 816 g/mol. The molecule has 0 radical (unpaired) electrons. The third-order valence-corrected chi connectivity index (χ3v) is 14.4. The van der Waals surface area contributed by atoms with Gasteiger partial charge in [-0.25, -0.2) is 0 Å². The van der Waals surface area contributed by atoms with E-state index in [-0.39, 0.29) is 5.41 Å². The van der Waals surface area contributed by atoms with E-state index in [0.717, 1.165) is 11.4 Å². The smallest absolute Gasteiger partial charge is 0.122 e. The molecule has 1 heterocycles. The first-order valence-corrected chi connectivity index (χ1v) is 22.4. The van der Waals surface area contributed by atoms with Gasteiger partial charge in [0.1, 0.15) is 5.54 Å². The molecule has 13 rings (SSSR count). The van der Waals surface area contributed by atoms with Crippen molar-refractivity contribution in [1.82, 2.24) is 4.57 Å². The Balaban J connectivity index is 1.13. The lowest BCUT2D eigenvalue weighted by molar-refractivity contribution is 0.564. The van der Waals surface area contributed by atoms with Gasteiger partial charge >= 0.3 is 0 Å². The summed E-state index contributed by atoms with van der Waals surface area (Å²) in [5.74, 6) is 0. The molecule has 0 amide bonds. The minimum Gasteiger partial charge on any atom is -0.322 e. The predicted octanol–water partition coefficient (Wildman–Crippen LogP) is 16.2. The number of fused-ring (bicyclic) bond motifs is 10. The standard InChI is InChI=1S/C62H44N2/c1-61(2)52-28-13-10-27-50(52)60-55(61)31-18-34-59(60)63(56-32-16-11-23-46(56)42-20-4-3-5-21-42)45-37-38-58-51(40-45)49-26-12-17-33-57(49)64(58)62(44-36-35-41-19-6-7-22-43(41)39-44)53-29-14-8-24-47(53)48-25-9-15-30-54(48)62/h3-40H,1-2H3. The summed E-state index contributed by atoms with van der Waals surface area (Å²) in [5.41, 5.74) is 19.1.